The zero-order valence-electron chi connectivity index (χ0n) is 16.4. The van der Waals surface area contributed by atoms with Crippen molar-refractivity contribution in [2.75, 3.05) is 5.32 Å². The number of nitrogens with one attached hydrogen (secondary N) is 1. The van der Waals surface area contributed by atoms with Gasteiger partial charge in [-0.15, -0.1) is 0 Å². The maximum absolute atomic E-state index is 15.4. The molecule has 1 saturated heterocycles. The van der Waals surface area contributed by atoms with Gasteiger partial charge >= 0.3 is 11.7 Å². The zero-order valence-corrected chi connectivity index (χ0v) is 17.2. The van der Waals surface area contributed by atoms with Gasteiger partial charge in [-0.1, -0.05) is 46.2 Å². The van der Waals surface area contributed by atoms with E-state index in [0.717, 1.165) is 4.57 Å². The molecule has 1 aliphatic heterocycles. The van der Waals surface area contributed by atoms with Crippen LogP contribution in [0.4, 0.5) is 10.2 Å². The maximum Gasteiger partial charge on any atom is 0.351 e. The Kier molecular flexibility index (Phi) is 6.82. The van der Waals surface area contributed by atoms with Gasteiger partial charge in [0.25, 0.3) is 5.13 Å². The van der Waals surface area contributed by atoms with Crippen molar-refractivity contribution in [3.63, 3.8) is 0 Å². The van der Waals surface area contributed by atoms with Crippen molar-refractivity contribution in [1.82, 2.24) is 9.55 Å². The molecule has 0 radical (unpaired) electrons. The number of nitrogens with zero attached hydrogens (tertiary/aromatic N) is 2. The molecule has 1 aromatic rings. The summed E-state index contributed by atoms with van der Waals surface area (Å²) in [5.41, 5.74) is -0.861. The van der Waals surface area contributed by atoms with Gasteiger partial charge < -0.3 is 14.8 Å². The van der Waals surface area contributed by atoms with Gasteiger partial charge in [-0.25, -0.2) is 9.18 Å². The van der Waals surface area contributed by atoms with Gasteiger partial charge in [-0.05, 0) is 12.5 Å². The number of anilines is 1. The molecule has 156 valence electrons. The summed E-state index contributed by atoms with van der Waals surface area (Å²) in [6, 6.07) is 1.34. The van der Waals surface area contributed by atoms with E-state index >= 15 is 4.39 Å². The Labute approximate surface area is 167 Å². The fourth-order valence-corrected chi connectivity index (χ4v) is 2.97. The highest BCUT2D eigenvalue weighted by Crippen LogP contribution is 2.46. The lowest BCUT2D eigenvalue weighted by Crippen LogP contribution is -2.43. The molecule has 1 aromatic heterocycles. The van der Waals surface area contributed by atoms with Crippen LogP contribution in [0, 0.1) is 11.8 Å². The molecular formula is C18H25ClFN3O5. The van der Waals surface area contributed by atoms with Crippen LogP contribution in [0.15, 0.2) is 17.1 Å². The third-order valence-electron chi connectivity index (χ3n) is 4.33. The summed E-state index contributed by atoms with van der Waals surface area (Å²) in [5.74, 6) is -1.67. The van der Waals surface area contributed by atoms with Crippen LogP contribution in [0.5, 0.6) is 0 Å². The van der Waals surface area contributed by atoms with Gasteiger partial charge in [0.2, 0.25) is 5.91 Å². The van der Waals surface area contributed by atoms with E-state index in [2.05, 4.69) is 10.3 Å². The number of aromatic nitrogens is 2. The van der Waals surface area contributed by atoms with Gasteiger partial charge in [0.15, 0.2) is 12.3 Å². The lowest BCUT2D eigenvalue weighted by atomic mass is 10.1. The normalized spacial score (nSPS) is 27.2. The van der Waals surface area contributed by atoms with Crippen LogP contribution in [-0.4, -0.2) is 38.8 Å². The largest absolute Gasteiger partial charge is 0.454 e. The third-order valence-corrected chi connectivity index (χ3v) is 4.73. The molecule has 10 heteroatoms. The van der Waals surface area contributed by atoms with E-state index in [1.165, 1.54) is 12.3 Å². The molecule has 1 aliphatic rings. The van der Waals surface area contributed by atoms with E-state index in [0.29, 0.717) is 6.42 Å². The molecule has 0 spiro atoms. The fourth-order valence-electron chi connectivity index (χ4n) is 2.62. The van der Waals surface area contributed by atoms with E-state index < -0.39 is 41.1 Å². The Hall–Kier alpha value is -2.00. The number of hydrogen-bond acceptors (Lipinski definition) is 6. The highest BCUT2D eigenvalue weighted by Gasteiger charge is 2.60. The molecule has 2 rings (SSSR count). The van der Waals surface area contributed by atoms with E-state index in [1.54, 1.807) is 34.6 Å². The van der Waals surface area contributed by atoms with E-state index in [4.69, 9.17) is 21.1 Å². The van der Waals surface area contributed by atoms with Crippen molar-refractivity contribution in [2.24, 2.45) is 11.8 Å². The second-order valence-corrected chi connectivity index (χ2v) is 7.85. The minimum atomic E-state index is -2.67. The second kappa shape index (κ2) is 8.57. The van der Waals surface area contributed by atoms with Crippen LogP contribution >= 0.6 is 11.6 Å². The first kappa shape index (κ1) is 22.3. The van der Waals surface area contributed by atoms with Gasteiger partial charge in [-0.3, -0.25) is 14.2 Å². The first-order chi connectivity index (χ1) is 13.0. The van der Waals surface area contributed by atoms with Crippen molar-refractivity contribution in [1.29, 1.82) is 0 Å². The number of rotatable bonds is 6. The Morgan fingerprint density at radius 2 is 2.04 bits per heavy atom. The molecule has 1 fully saturated rings. The van der Waals surface area contributed by atoms with Crippen LogP contribution < -0.4 is 11.0 Å². The number of carbonyl (C=O) groups is 2. The predicted octanol–water partition coefficient (Wildman–Crippen LogP) is 2.62. The number of ether oxygens (including phenoxy) is 2. The van der Waals surface area contributed by atoms with Crippen molar-refractivity contribution >= 4 is 29.3 Å². The van der Waals surface area contributed by atoms with Gasteiger partial charge in [0.1, 0.15) is 11.9 Å². The minimum absolute atomic E-state index is 0.0341. The van der Waals surface area contributed by atoms with E-state index in [9.17, 15) is 14.4 Å². The average Bonchev–Trinajstić information content (AvgIpc) is 2.85. The molecule has 4 atom stereocenters. The summed E-state index contributed by atoms with van der Waals surface area (Å²) in [7, 11) is 0. The minimum Gasteiger partial charge on any atom is -0.454 e. The highest BCUT2D eigenvalue weighted by molar-refractivity contribution is 6.23. The molecule has 0 aromatic carbocycles. The average molecular weight is 418 g/mol. The van der Waals surface area contributed by atoms with Crippen LogP contribution in [-0.2, 0) is 19.1 Å². The molecular weight excluding hydrogens is 393 g/mol. The van der Waals surface area contributed by atoms with E-state index in [-0.39, 0.29) is 17.6 Å². The fraction of sp³-hybridized carbons (Fsp3) is 0.667. The molecule has 0 aliphatic carbocycles. The molecule has 1 N–H and O–H groups in total. The lowest BCUT2D eigenvalue weighted by Gasteiger charge is -2.26. The topological polar surface area (TPSA) is 99.5 Å². The Morgan fingerprint density at radius 1 is 1.39 bits per heavy atom. The second-order valence-electron chi connectivity index (χ2n) is 7.27. The molecule has 1 amide bonds. The smallest absolute Gasteiger partial charge is 0.351 e. The SMILES string of the molecule is CC[C@H]1O[C@@H](n2ccc(NC(=O)C(C)C)nc2=O)[C@@](F)(Cl)[C@@H]1OC(=O)C(C)C. The summed E-state index contributed by atoms with van der Waals surface area (Å²) in [6.07, 6.45) is -2.21. The predicted molar refractivity (Wildman–Crippen MR) is 101 cm³/mol. The van der Waals surface area contributed by atoms with Gasteiger partial charge in [0, 0.05) is 12.1 Å². The molecule has 2 heterocycles. The first-order valence-corrected chi connectivity index (χ1v) is 9.50. The number of halogens is 2. The Bertz CT molecular complexity index is 796. The maximum atomic E-state index is 15.4. The number of amides is 1. The van der Waals surface area contributed by atoms with Gasteiger partial charge in [-0.2, -0.15) is 4.98 Å². The molecule has 28 heavy (non-hydrogen) atoms. The quantitative estimate of drug-likeness (QED) is 0.564. The van der Waals surface area contributed by atoms with Crippen molar-refractivity contribution < 1.29 is 23.5 Å². The number of alkyl halides is 2. The third kappa shape index (κ3) is 4.52. The van der Waals surface area contributed by atoms with Crippen molar-refractivity contribution in [3.8, 4) is 0 Å². The standard InChI is InChI=1S/C18H25ClFN3O5/c1-6-11-13(28-15(25)10(4)5)18(19,20)16(27-11)23-8-7-12(22-17(23)26)21-14(24)9(2)3/h7-11,13,16H,6H2,1-5H3,(H,21,22,24,26)/t11-,13-,16-,18-/m1/s1. The van der Waals surface area contributed by atoms with Crippen LogP contribution in [0.1, 0.15) is 47.3 Å². The monoisotopic (exact) mass is 417 g/mol. The highest BCUT2D eigenvalue weighted by atomic mass is 35.5. The summed E-state index contributed by atoms with van der Waals surface area (Å²) in [6.45, 7) is 8.34. The summed E-state index contributed by atoms with van der Waals surface area (Å²) in [4.78, 5) is 39.8. The molecule has 8 nitrogen and oxygen atoms in total. The van der Waals surface area contributed by atoms with Crippen LogP contribution in [0.25, 0.3) is 0 Å². The van der Waals surface area contributed by atoms with Crippen molar-refractivity contribution in [2.45, 2.75) is 64.6 Å². The number of esters is 1. The summed E-state index contributed by atoms with van der Waals surface area (Å²) in [5, 5.41) is -0.180. The molecule has 0 saturated carbocycles. The van der Waals surface area contributed by atoms with Crippen LogP contribution in [0.3, 0.4) is 0 Å². The van der Waals surface area contributed by atoms with Crippen LogP contribution in [0.2, 0.25) is 0 Å². The molecule has 0 unspecified atom stereocenters. The summed E-state index contributed by atoms with van der Waals surface area (Å²) < 4.78 is 27.1. The molecule has 0 bridgehead atoms. The lowest BCUT2D eigenvalue weighted by molar-refractivity contribution is -0.158. The summed E-state index contributed by atoms with van der Waals surface area (Å²) >= 11 is 6.07. The first-order valence-electron chi connectivity index (χ1n) is 9.12. The van der Waals surface area contributed by atoms with Gasteiger partial charge in [0.05, 0.1) is 5.92 Å². The zero-order chi connectivity index (χ0) is 21.2. The Balaban J connectivity index is 2.30. The van der Waals surface area contributed by atoms with E-state index in [1.807, 2.05) is 0 Å². The Morgan fingerprint density at radius 3 is 2.54 bits per heavy atom. The van der Waals surface area contributed by atoms with Crippen molar-refractivity contribution in [3.05, 3.63) is 22.7 Å². The number of carbonyl (C=O) groups excluding carboxylic acids is 2. The number of hydrogen-bond donors (Lipinski definition) is 1.